The van der Waals surface area contributed by atoms with Gasteiger partial charge in [0.25, 0.3) is 0 Å². The van der Waals surface area contributed by atoms with Crippen LogP contribution < -0.4 is 0 Å². The number of methoxy groups -OCH3 is 1. The zero-order valence-electron chi connectivity index (χ0n) is 17.6. The first kappa shape index (κ1) is 23.0. The van der Waals surface area contributed by atoms with Crippen LogP contribution in [0.2, 0.25) is 0 Å². The fourth-order valence-corrected chi connectivity index (χ4v) is 2.94. The standard InChI is InChI=1S/C24H37NO2/c1-7-12-21(19-22(27-6)13-8-2)25(17-16-24(3,4)5)23(26)18-20-14-10-9-11-15-20/h7-8,10,13-15,19,23,26H,1-2,9,11-12,16-18H2,3-6H3/b21-19+,22-13+/t23-/m0/s1. The summed E-state index contributed by atoms with van der Waals surface area (Å²) in [4.78, 5) is 2.09. The van der Waals surface area contributed by atoms with Gasteiger partial charge < -0.3 is 14.7 Å². The Morgan fingerprint density at radius 1 is 1.33 bits per heavy atom. The molecule has 0 fully saturated rings. The molecule has 0 saturated carbocycles. The molecular weight excluding hydrogens is 334 g/mol. The average Bonchev–Trinajstić information content (AvgIpc) is 2.61. The summed E-state index contributed by atoms with van der Waals surface area (Å²) in [5, 5.41) is 11.1. The van der Waals surface area contributed by atoms with Gasteiger partial charge in [0.05, 0.1) is 7.11 Å². The molecule has 0 aromatic rings. The second kappa shape index (κ2) is 11.7. The molecule has 0 bridgehead atoms. The molecule has 1 aliphatic rings. The molecule has 0 saturated heterocycles. The quantitative estimate of drug-likeness (QED) is 0.213. The minimum atomic E-state index is -0.589. The van der Waals surface area contributed by atoms with Gasteiger partial charge >= 0.3 is 0 Å². The molecule has 150 valence electrons. The van der Waals surface area contributed by atoms with E-state index >= 15 is 0 Å². The second-order valence-corrected chi connectivity index (χ2v) is 8.08. The SMILES string of the molecule is C=C/C=C(\C=C(/CC=C)N(CCC(C)(C)C)[C@@H](O)CC1=CCCC=C1)OC. The highest BCUT2D eigenvalue weighted by Gasteiger charge is 2.22. The lowest BCUT2D eigenvalue weighted by Crippen LogP contribution is -2.37. The molecule has 0 unspecified atom stereocenters. The first-order valence-electron chi connectivity index (χ1n) is 9.79. The summed E-state index contributed by atoms with van der Waals surface area (Å²) in [6, 6.07) is 0. The molecule has 1 rings (SSSR count). The molecule has 1 N–H and O–H groups in total. The molecule has 3 heteroatoms. The highest BCUT2D eigenvalue weighted by atomic mass is 16.5. The monoisotopic (exact) mass is 371 g/mol. The fraction of sp³-hybridized carbons (Fsp3) is 0.500. The Morgan fingerprint density at radius 3 is 2.59 bits per heavy atom. The zero-order valence-corrected chi connectivity index (χ0v) is 17.6. The van der Waals surface area contributed by atoms with Crippen LogP contribution in [0.25, 0.3) is 0 Å². The van der Waals surface area contributed by atoms with Crippen LogP contribution in [0.1, 0.15) is 52.9 Å². The Kier molecular flexibility index (Phi) is 9.95. The van der Waals surface area contributed by atoms with E-state index in [2.05, 4.69) is 57.1 Å². The summed E-state index contributed by atoms with van der Waals surface area (Å²) in [6.45, 7) is 15.1. The average molecular weight is 372 g/mol. The van der Waals surface area contributed by atoms with Crippen molar-refractivity contribution >= 4 is 0 Å². The summed E-state index contributed by atoms with van der Waals surface area (Å²) in [5.74, 6) is 0.714. The van der Waals surface area contributed by atoms with Crippen LogP contribution in [0, 0.1) is 5.41 Å². The molecule has 1 aliphatic carbocycles. The third kappa shape index (κ3) is 8.96. The van der Waals surface area contributed by atoms with Gasteiger partial charge in [0.15, 0.2) is 0 Å². The van der Waals surface area contributed by atoms with Crippen molar-refractivity contribution in [2.75, 3.05) is 13.7 Å². The van der Waals surface area contributed by atoms with Crippen molar-refractivity contribution in [1.82, 2.24) is 4.90 Å². The third-order valence-electron chi connectivity index (χ3n) is 4.50. The summed E-state index contributed by atoms with van der Waals surface area (Å²) in [5.41, 5.74) is 2.38. The van der Waals surface area contributed by atoms with Crippen molar-refractivity contribution in [3.63, 3.8) is 0 Å². The van der Waals surface area contributed by atoms with Crippen LogP contribution >= 0.6 is 0 Å². The van der Waals surface area contributed by atoms with Gasteiger partial charge in [-0.3, -0.25) is 0 Å². The molecule has 3 nitrogen and oxygen atoms in total. The Bertz CT molecular complexity index is 602. The van der Waals surface area contributed by atoms with Crippen molar-refractivity contribution < 1.29 is 9.84 Å². The van der Waals surface area contributed by atoms with E-state index in [1.54, 1.807) is 13.2 Å². The lowest BCUT2D eigenvalue weighted by atomic mass is 9.91. The molecule has 0 spiro atoms. The van der Waals surface area contributed by atoms with E-state index in [-0.39, 0.29) is 5.41 Å². The molecule has 0 aliphatic heterocycles. The predicted molar refractivity (Wildman–Crippen MR) is 116 cm³/mol. The Morgan fingerprint density at radius 2 is 2.07 bits per heavy atom. The number of rotatable bonds is 11. The first-order chi connectivity index (χ1) is 12.8. The first-order valence-corrected chi connectivity index (χ1v) is 9.79. The van der Waals surface area contributed by atoms with Gasteiger partial charge in [0, 0.05) is 25.1 Å². The van der Waals surface area contributed by atoms with Crippen LogP contribution in [0.4, 0.5) is 0 Å². The van der Waals surface area contributed by atoms with Gasteiger partial charge in [0.1, 0.15) is 12.0 Å². The highest BCUT2D eigenvalue weighted by molar-refractivity contribution is 5.25. The van der Waals surface area contributed by atoms with Crippen LogP contribution in [0.5, 0.6) is 0 Å². The summed E-state index contributed by atoms with van der Waals surface area (Å²) >= 11 is 0. The number of allylic oxidation sites excluding steroid dienone is 7. The summed E-state index contributed by atoms with van der Waals surface area (Å²) in [7, 11) is 1.64. The smallest absolute Gasteiger partial charge is 0.130 e. The number of hydrogen-bond acceptors (Lipinski definition) is 3. The maximum absolute atomic E-state index is 11.1. The molecule has 1 atom stereocenters. The number of hydrogen-bond donors (Lipinski definition) is 1. The van der Waals surface area contributed by atoms with E-state index in [1.165, 1.54) is 5.57 Å². The summed E-state index contributed by atoms with van der Waals surface area (Å²) in [6.07, 6.45) is 17.7. The fourth-order valence-electron chi connectivity index (χ4n) is 2.94. The van der Waals surface area contributed by atoms with Crippen molar-refractivity contribution in [2.24, 2.45) is 5.41 Å². The van der Waals surface area contributed by atoms with E-state index in [0.29, 0.717) is 18.6 Å². The van der Waals surface area contributed by atoms with E-state index in [9.17, 15) is 5.11 Å². The van der Waals surface area contributed by atoms with E-state index in [1.807, 2.05) is 18.2 Å². The van der Waals surface area contributed by atoms with Crippen molar-refractivity contribution in [2.45, 2.75) is 59.1 Å². The summed E-state index contributed by atoms with van der Waals surface area (Å²) < 4.78 is 5.44. The van der Waals surface area contributed by atoms with Gasteiger partial charge in [-0.15, -0.1) is 6.58 Å². The Balaban J connectivity index is 3.13. The van der Waals surface area contributed by atoms with Crippen LogP contribution in [0.15, 0.2) is 72.7 Å². The van der Waals surface area contributed by atoms with Gasteiger partial charge in [-0.1, -0.05) is 57.7 Å². The van der Waals surface area contributed by atoms with Crippen molar-refractivity contribution in [3.05, 3.63) is 72.7 Å². The molecule has 27 heavy (non-hydrogen) atoms. The van der Waals surface area contributed by atoms with Crippen LogP contribution in [-0.2, 0) is 4.74 Å². The van der Waals surface area contributed by atoms with Crippen LogP contribution in [0.3, 0.4) is 0 Å². The maximum Gasteiger partial charge on any atom is 0.130 e. The van der Waals surface area contributed by atoms with Gasteiger partial charge in [-0.2, -0.15) is 0 Å². The molecule has 0 radical (unpaired) electrons. The number of aliphatic hydroxyl groups excluding tert-OH is 1. The normalized spacial score (nSPS) is 16.6. The molecule has 0 amide bonds. The molecule has 0 aromatic heterocycles. The van der Waals surface area contributed by atoms with E-state index in [0.717, 1.165) is 31.5 Å². The minimum absolute atomic E-state index is 0.183. The lowest BCUT2D eigenvalue weighted by Gasteiger charge is -2.35. The minimum Gasteiger partial charge on any atom is -0.497 e. The zero-order chi connectivity index (χ0) is 20.3. The maximum atomic E-state index is 11.1. The third-order valence-corrected chi connectivity index (χ3v) is 4.50. The predicted octanol–water partition coefficient (Wildman–Crippen LogP) is 5.89. The van der Waals surface area contributed by atoms with Crippen molar-refractivity contribution in [3.8, 4) is 0 Å². The highest BCUT2D eigenvalue weighted by Crippen LogP contribution is 2.26. The van der Waals surface area contributed by atoms with Gasteiger partial charge in [-0.05, 0) is 42.4 Å². The lowest BCUT2D eigenvalue weighted by molar-refractivity contribution is 0.0218. The number of ether oxygens (including phenoxy) is 1. The number of aliphatic hydroxyl groups is 1. The van der Waals surface area contributed by atoms with E-state index in [4.69, 9.17) is 4.74 Å². The molecule has 0 heterocycles. The van der Waals surface area contributed by atoms with Gasteiger partial charge in [-0.25, -0.2) is 0 Å². The van der Waals surface area contributed by atoms with Crippen molar-refractivity contribution in [1.29, 1.82) is 0 Å². The largest absolute Gasteiger partial charge is 0.497 e. The molecular formula is C24H37NO2. The Labute approximate surface area is 166 Å². The second-order valence-electron chi connectivity index (χ2n) is 8.08. The van der Waals surface area contributed by atoms with E-state index < -0.39 is 6.23 Å². The number of nitrogens with zero attached hydrogens (tertiary/aromatic N) is 1. The van der Waals surface area contributed by atoms with Crippen LogP contribution in [-0.4, -0.2) is 29.9 Å². The van der Waals surface area contributed by atoms with Gasteiger partial charge in [0.2, 0.25) is 0 Å². The molecule has 0 aromatic carbocycles. The topological polar surface area (TPSA) is 32.7 Å². The Hall–Kier alpha value is -2.00.